The van der Waals surface area contributed by atoms with Gasteiger partial charge in [-0.05, 0) is 50.6 Å². The summed E-state index contributed by atoms with van der Waals surface area (Å²) >= 11 is 0. The van der Waals surface area contributed by atoms with Gasteiger partial charge in [-0.1, -0.05) is 11.6 Å². The number of fused-ring (bicyclic) bond motifs is 2. The zero-order valence-electron chi connectivity index (χ0n) is 13.3. The quantitative estimate of drug-likeness (QED) is 0.500. The summed E-state index contributed by atoms with van der Waals surface area (Å²) in [5, 5.41) is 9.65. The van der Waals surface area contributed by atoms with Crippen molar-refractivity contribution in [2.24, 2.45) is 7.05 Å². The highest BCUT2D eigenvalue weighted by molar-refractivity contribution is 5.78. The van der Waals surface area contributed by atoms with Gasteiger partial charge in [0.25, 0.3) is 0 Å². The molecule has 0 N–H and O–H groups in total. The van der Waals surface area contributed by atoms with Crippen molar-refractivity contribution in [3.05, 3.63) is 59.7 Å². The first-order valence-corrected chi connectivity index (χ1v) is 7.21. The van der Waals surface area contributed by atoms with E-state index in [-0.39, 0.29) is 0 Å². The lowest BCUT2D eigenvalue weighted by molar-refractivity contribution is 0.780. The average molecular weight is 293 g/mol. The van der Waals surface area contributed by atoms with Crippen LogP contribution in [0.25, 0.3) is 16.6 Å². The van der Waals surface area contributed by atoms with Gasteiger partial charge in [-0.3, -0.25) is 4.68 Å². The average Bonchev–Trinajstić information content (AvgIpc) is 2.99. The molecular weight excluding hydrogens is 274 g/mol. The van der Waals surface area contributed by atoms with E-state index in [1.165, 1.54) is 16.5 Å². The molecule has 4 rings (SSSR count). The van der Waals surface area contributed by atoms with Crippen LogP contribution in [0, 0.1) is 20.8 Å². The molecule has 0 fully saturated rings. The maximum Gasteiger partial charge on any atom is 0.155 e. The summed E-state index contributed by atoms with van der Waals surface area (Å²) in [6, 6.07) is 10.3. The second-order valence-corrected chi connectivity index (χ2v) is 5.53. The van der Waals surface area contributed by atoms with Crippen molar-refractivity contribution in [2.45, 2.75) is 20.8 Å². The van der Waals surface area contributed by atoms with Gasteiger partial charge < -0.3 is 0 Å². The minimum atomic E-state index is 0.815. The van der Waals surface area contributed by atoms with Gasteiger partial charge in [0.05, 0.1) is 5.52 Å². The highest BCUT2D eigenvalue weighted by Gasteiger charge is 1.97. The van der Waals surface area contributed by atoms with Crippen molar-refractivity contribution in [3.8, 4) is 0 Å². The van der Waals surface area contributed by atoms with Crippen LogP contribution in [0.1, 0.15) is 17.0 Å². The van der Waals surface area contributed by atoms with Crippen molar-refractivity contribution >= 4 is 16.6 Å². The predicted molar refractivity (Wildman–Crippen MR) is 87.9 cm³/mol. The summed E-state index contributed by atoms with van der Waals surface area (Å²) in [5.41, 5.74) is 4.48. The molecule has 0 amide bonds. The van der Waals surface area contributed by atoms with E-state index in [1.807, 2.05) is 56.2 Å². The Bertz CT molecular complexity index is 855. The molecule has 5 nitrogen and oxygen atoms in total. The predicted octanol–water partition coefficient (Wildman–Crippen LogP) is 3.23. The fourth-order valence-corrected chi connectivity index (χ4v) is 2.36. The summed E-state index contributed by atoms with van der Waals surface area (Å²) in [6.45, 7) is 6.03. The van der Waals surface area contributed by atoms with Crippen LogP contribution < -0.4 is 0 Å². The lowest BCUT2D eigenvalue weighted by Gasteiger charge is -1.90. The van der Waals surface area contributed by atoms with Gasteiger partial charge >= 0.3 is 0 Å². The van der Waals surface area contributed by atoms with Crippen LogP contribution in [0.4, 0.5) is 0 Å². The van der Waals surface area contributed by atoms with Gasteiger partial charge in [0.1, 0.15) is 5.82 Å². The first kappa shape index (κ1) is 14.3. The highest BCUT2D eigenvalue weighted by Crippen LogP contribution is 2.12. The molecule has 4 aromatic rings. The number of hydrogen-bond acceptors (Lipinski definition) is 3. The number of pyridine rings is 1. The Morgan fingerprint density at radius 1 is 0.909 bits per heavy atom. The molecule has 0 bridgehead atoms. The topological polar surface area (TPSA) is 48.0 Å². The van der Waals surface area contributed by atoms with Crippen LogP contribution in [0.3, 0.4) is 0 Å². The zero-order chi connectivity index (χ0) is 15.7. The summed E-state index contributed by atoms with van der Waals surface area (Å²) in [7, 11) is 1.94. The Balaban J connectivity index is 0.000000131. The third-order valence-electron chi connectivity index (χ3n) is 3.37. The summed E-state index contributed by atoms with van der Waals surface area (Å²) in [6.07, 6.45) is 3.95. The molecule has 0 saturated carbocycles. The molecule has 22 heavy (non-hydrogen) atoms. The number of aromatic nitrogens is 5. The molecule has 5 heteroatoms. The first-order chi connectivity index (χ1) is 10.5. The van der Waals surface area contributed by atoms with Crippen LogP contribution in [0.5, 0.6) is 0 Å². The third-order valence-corrected chi connectivity index (χ3v) is 3.37. The smallest absolute Gasteiger partial charge is 0.155 e. The van der Waals surface area contributed by atoms with Crippen molar-refractivity contribution in [1.29, 1.82) is 0 Å². The number of rotatable bonds is 0. The molecule has 0 aliphatic heterocycles. The number of nitrogens with zero attached hydrogens (tertiary/aromatic N) is 5. The van der Waals surface area contributed by atoms with Crippen molar-refractivity contribution in [3.63, 3.8) is 0 Å². The van der Waals surface area contributed by atoms with Gasteiger partial charge in [-0.15, -0.1) is 0 Å². The first-order valence-electron chi connectivity index (χ1n) is 7.21. The molecule has 112 valence electrons. The molecule has 0 atom stereocenters. The van der Waals surface area contributed by atoms with Crippen LogP contribution in [0.15, 0.2) is 42.7 Å². The van der Waals surface area contributed by atoms with E-state index in [9.17, 15) is 0 Å². The standard InChI is InChI=1S/C9H10N2.C8H9N3/c1-7-3-4-9-8(5-7)6-11(2)10-9;1-6-3-4-11-8(5-6)9-7(2)10-11/h3-6H,1-2H3;3-5H,1-2H3. The molecule has 0 radical (unpaired) electrons. The molecule has 0 spiro atoms. The monoisotopic (exact) mass is 293 g/mol. The van der Waals surface area contributed by atoms with Crippen molar-refractivity contribution in [2.75, 3.05) is 0 Å². The van der Waals surface area contributed by atoms with E-state index in [0.717, 1.165) is 17.0 Å². The van der Waals surface area contributed by atoms with Gasteiger partial charge in [-0.25, -0.2) is 9.50 Å². The number of benzene rings is 1. The van der Waals surface area contributed by atoms with E-state index in [4.69, 9.17) is 0 Å². The van der Waals surface area contributed by atoms with Gasteiger partial charge in [0.15, 0.2) is 5.65 Å². The van der Waals surface area contributed by atoms with Crippen LogP contribution in [-0.2, 0) is 7.05 Å². The normalized spacial score (nSPS) is 10.7. The molecule has 3 aromatic heterocycles. The van der Waals surface area contributed by atoms with Gasteiger partial charge in [0.2, 0.25) is 0 Å². The maximum atomic E-state index is 4.27. The summed E-state index contributed by atoms with van der Waals surface area (Å²) in [5.74, 6) is 0.815. The van der Waals surface area contributed by atoms with Crippen LogP contribution in [-0.4, -0.2) is 24.4 Å². The Morgan fingerprint density at radius 3 is 2.50 bits per heavy atom. The molecule has 0 aliphatic rings. The fourth-order valence-electron chi connectivity index (χ4n) is 2.36. The van der Waals surface area contributed by atoms with E-state index < -0.39 is 0 Å². The molecule has 0 saturated heterocycles. The lowest BCUT2D eigenvalue weighted by Crippen LogP contribution is -1.86. The molecule has 0 aliphatic carbocycles. The van der Waals surface area contributed by atoms with Crippen LogP contribution >= 0.6 is 0 Å². The second-order valence-electron chi connectivity index (χ2n) is 5.53. The SMILES string of the molecule is Cc1ccc2nn(C)cc2c1.Cc1ccn2nc(C)nc2c1. The highest BCUT2D eigenvalue weighted by atomic mass is 15.3. The third kappa shape index (κ3) is 2.98. The molecule has 3 heterocycles. The number of aryl methyl sites for hydroxylation is 4. The van der Waals surface area contributed by atoms with E-state index in [1.54, 1.807) is 4.52 Å². The maximum absolute atomic E-state index is 4.27. The minimum absolute atomic E-state index is 0.815. The van der Waals surface area contributed by atoms with E-state index in [0.29, 0.717) is 0 Å². The minimum Gasteiger partial charge on any atom is -0.275 e. The second kappa shape index (κ2) is 5.60. The summed E-state index contributed by atoms with van der Waals surface area (Å²) < 4.78 is 3.62. The Hall–Kier alpha value is -2.69. The van der Waals surface area contributed by atoms with Gasteiger partial charge in [0, 0.05) is 24.8 Å². The van der Waals surface area contributed by atoms with Crippen molar-refractivity contribution in [1.82, 2.24) is 24.4 Å². The van der Waals surface area contributed by atoms with Gasteiger partial charge in [-0.2, -0.15) is 10.2 Å². The molecule has 0 unspecified atom stereocenters. The van der Waals surface area contributed by atoms with Crippen LogP contribution in [0.2, 0.25) is 0 Å². The Labute approximate surface area is 129 Å². The van der Waals surface area contributed by atoms with Crippen molar-refractivity contribution < 1.29 is 0 Å². The summed E-state index contributed by atoms with van der Waals surface area (Å²) in [4.78, 5) is 4.23. The molecular formula is C17H19N5. The number of hydrogen-bond donors (Lipinski definition) is 0. The zero-order valence-corrected chi connectivity index (χ0v) is 13.3. The Kier molecular flexibility index (Phi) is 3.63. The van der Waals surface area contributed by atoms with E-state index >= 15 is 0 Å². The lowest BCUT2D eigenvalue weighted by atomic mass is 10.2. The largest absolute Gasteiger partial charge is 0.275 e. The van der Waals surface area contributed by atoms with E-state index in [2.05, 4.69) is 34.2 Å². The Morgan fingerprint density at radius 2 is 1.68 bits per heavy atom. The fraction of sp³-hybridized carbons (Fsp3) is 0.235. The molecule has 1 aromatic carbocycles.